The molecule has 4 aliphatic rings. The van der Waals surface area contributed by atoms with Crippen LogP contribution >= 0.6 is 0 Å². The third-order valence-electron chi connectivity index (χ3n) is 5.40. The molecule has 3 nitrogen and oxygen atoms in total. The van der Waals surface area contributed by atoms with Crippen molar-refractivity contribution in [2.24, 2.45) is 23.5 Å². The minimum Gasteiger partial charge on any atom is -0.326 e. The van der Waals surface area contributed by atoms with E-state index in [1.165, 1.54) is 39.0 Å². The Morgan fingerprint density at radius 2 is 1.83 bits per heavy atom. The highest BCUT2D eigenvalue weighted by atomic mass is 15.3. The Bertz CT molecular complexity index is 294. The van der Waals surface area contributed by atoms with E-state index in [-0.39, 0.29) is 0 Å². The molecule has 4 aliphatic heterocycles. The quantitative estimate of drug-likeness (QED) is 0.822. The fraction of sp³-hybridized carbons (Fsp3) is 1.00. The summed E-state index contributed by atoms with van der Waals surface area (Å²) in [6.07, 6.45) is 2.87. The minimum absolute atomic E-state index is 0.304. The van der Waals surface area contributed by atoms with Crippen molar-refractivity contribution in [2.75, 3.05) is 26.2 Å². The second-order valence-electron chi connectivity index (χ2n) is 7.23. The van der Waals surface area contributed by atoms with Crippen LogP contribution in [0.15, 0.2) is 0 Å². The lowest BCUT2D eigenvalue weighted by molar-refractivity contribution is 0.000294. The van der Waals surface area contributed by atoms with Gasteiger partial charge in [0.05, 0.1) is 0 Å². The van der Waals surface area contributed by atoms with Crippen molar-refractivity contribution < 1.29 is 0 Å². The van der Waals surface area contributed by atoms with Crippen LogP contribution in [0.5, 0.6) is 0 Å². The van der Waals surface area contributed by atoms with Crippen LogP contribution in [0.4, 0.5) is 0 Å². The monoisotopic (exact) mass is 251 g/mol. The number of fused-ring (bicyclic) bond motifs is 2. The van der Waals surface area contributed by atoms with Crippen molar-refractivity contribution in [1.82, 2.24) is 9.80 Å². The summed E-state index contributed by atoms with van der Waals surface area (Å²) in [7, 11) is 0. The number of rotatable bonds is 3. The largest absolute Gasteiger partial charge is 0.326 e. The molecule has 4 atom stereocenters. The summed E-state index contributed by atoms with van der Waals surface area (Å²) in [5, 5.41) is 0. The number of nitrogens with two attached hydrogens (primary N) is 1. The minimum atomic E-state index is 0.304. The van der Waals surface area contributed by atoms with Crippen LogP contribution in [0, 0.1) is 17.8 Å². The van der Waals surface area contributed by atoms with E-state index in [0.717, 1.165) is 23.8 Å². The fourth-order valence-electron chi connectivity index (χ4n) is 4.84. The molecule has 0 aromatic rings. The molecule has 2 N–H and O–H groups in total. The van der Waals surface area contributed by atoms with Gasteiger partial charge in [-0.15, -0.1) is 0 Å². The third-order valence-corrected chi connectivity index (χ3v) is 5.40. The van der Waals surface area contributed by atoms with Crippen molar-refractivity contribution in [3.63, 3.8) is 0 Å². The summed E-state index contributed by atoms with van der Waals surface area (Å²) in [4.78, 5) is 5.46. The van der Waals surface area contributed by atoms with Crippen LogP contribution in [-0.4, -0.2) is 54.1 Å². The molecule has 4 saturated heterocycles. The molecule has 3 heteroatoms. The Labute approximate surface area is 112 Å². The zero-order valence-electron chi connectivity index (χ0n) is 12.2. The predicted octanol–water partition coefficient (Wildman–Crippen LogP) is 1.38. The van der Waals surface area contributed by atoms with E-state index in [1.807, 2.05) is 0 Å². The fourth-order valence-corrected chi connectivity index (χ4v) is 4.84. The van der Waals surface area contributed by atoms with Gasteiger partial charge in [0, 0.05) is 31.2 Å². The molecule has 4 heterocycles. The van der Waals surface area contributed by atoms with Gasteiger partial charge in [-0.05, 0) is 50.6 Å². The molecule has 2 bridgehead atoms. The van der Waals surface area contributed by atoms with Crippen LogP contribution in [0.1, 0.15) is 33.6 Å². The summed E-state index contributed by atoms with van der Waals surface area (Å²) in [5.41, 5.74) is 6.33. The molecule has 0 aromatic heterocycles. The van der Waals surface area contributed by atoms with Gasteiger partial charge in [0.2, 0.25) is 0 Å². The number of hydrogen-bond acceptors (Lipinski definition) is 3. The molecule has 0 saturated carbocycles. The molecule has 0 radical (unpaired) electrons. The van der Waals surface area contributed by atoms with E-state index < -0.39 is 0 Å². The first-order chi connectivity index (χ1) is 8.58. The average molecular weight is 251 g/mol. The second kappa shape index (κ2) is 4.77. The van der Waals surface area contributed by atoms with Crippen molar-refractivity contribution >= 4 is 0 Å². The summed E-state index contributed by atoms with van der Waals surface area (Å²) in [6.45, 7) is 12.0. The SMILES string of the molecule is CC(C)CN1CC2C3CCN(CC3)C2C1C(C)N. The van der Waals surface area contributed by atoms with E-state index in [4.69, 9.17) is 5.73 Å². The molecule has 4 unspecified atom stereocenters. The van der Waals surface area contributed by atoms with Gasteiger partial charge in [-0.25, -0.2) is 0 Å². The second-order valence-corrected chi connectivity index (χ2v) is 7.23. The Balaban J connectivity index is 1.82. The smallest absolute Gasteiger partial charge is 0.0403 e. The van der Waals surface area contributed by atoms with Gasteiger partial charge in [-0.3, -0.25) is 9.80 Å². The van der Waals surface area contributed by atoms with Crippen LogP contribution in [0.2, 0.25) is 0 Å². The molecule has 104 valence electrons. The Kier molecular flexibility index (Phi) is 3.41. The van der Waals surface area contributed by atoms with Gasteiger partial charge in [0.25, 0.3) is 0 Å². The number of likely N-dealkylation sites (tertiary alicyclic amines) is 1. The highest BCUT2D eigenvalue weighted by Crippen LogP contribution is 2.44. The number of nitrogens with zero attached hydrogens (tertiary/aromatic N) is 2. The maximum atomic E-state index is 6.33. The van der Waals surface area contributed by atoms with Gasteiger partial charge >= 0.3 is 0 Å². The lowest BCUT2D eigenvalue weighted by Crippen LogP contribution is -2.60. The number of hydrogen-bond donors (Lipinski definition) is 1. The summed E-state index contributed by atoms with van der Waals surface area (Å²) >= 11 is 0. The van der Waals surface area contributed by atoms with Crippen molar-refractivity contribution in [3.8, 4) is 0 Å². The van der Waals surface area contributed by atoms with Crippen molar-refractivity contribution in [2.45, 2.75) is 51.7 Å². The van der Waals surface area contributed by atoms with Crippen LogP contribution < -0.4 is 5.73 Å². The first kappa shape index (κ1) is 12.9. The Morgan fingerprint density at radius 1 is 1.17 bits per heavy atom. The Hall–Kier alpha value is -0.120. The zero-order valence-corrected chi connectivity index (χ0v) is 12.2. The molecule has 0 aliphatic carbocycles. The molecule has 4 rings (SSSR count). The molecular weight excluding hydrogens is 222 g/mol. The maximum absolute atomic E-state index is 6.33. The van der Waals surface area contributed by atoms with Crippen molar-refractivity contribution in [3.05, 3.63) is 0 Å². The molecule has 0 spiro atoms. The number of piperidine rings is 3. The standard InChI is InChI=1S/C15H29N3/c1-10(2)8-18-9-13-12-4-6-17(7-5-12)15(13)14(18)11(3)16/h10-15H,4-9,16H2,1-3H3. The van der Waals surface area contributed by atoms with E-state index in [2.05, 4.69) is 30.6 Å². The molecule has 18 heavy (non-hydrogen) atoms. The summed E-state index contributed by atoms with van der Waals surface area (Å²) in [5.74, 6) is 2.64. The predicted molar refractivity (Wildman–Crippen MR) is 75.4 cm³/mol. The first-order valence-corrected chi connectivity index (χ1v) is 7.81. The van der Waals surface area contributed by atoms with Crippen LogP contribution in [-0.2, 0) is 0 Å². The van der Waals surface area contributed by atoms with Gasteiger partial charge in [0.1, 0.15) is 0 Å². The van der Waals surface area contributed by atoms with Crippen molar-refractivity contribution in [1.29, 1.82) is 0 Å². The van der Waals surface area contributed by atoms with Gasteiger partial charge in [-0.1, -0.05) is 13.8 Å². The molecule has 4 fully saturated rings. The summed E-state index contributed by atoms with van der Waals surface area (Å²) in [6, 6.07) is 1.66. The zero-order chi connectivity index (χ0) is 12.9. The molecule has 0 amide bonds. The van der Waals surface area contributed by atoms with E-state index >= 15 is 0 Å². The third kappa shape index (κ3) is 2.00. The highest BCUT2D eigenvalue weighted by molar-refractivity contribution is 5.08. The van der Waals surface area contributed by atoms with E-state index in [0.29, 0.717) is 12.1 Å². The highest BCUT2D eigenvalue weighted by Gasteiger charge is 2.53. The van der Waals surface area contributed by atoms with E-state index in [1.54, 1.807) is 0 Å². The summed E-state index contributed by atoms with van der Waals surface area (Å²) < 4.78 is 0. The van der Waals surface area contributed by atoms with Gasteiger partial charge in [0.15, 0.2) is 0 Å². The Morgan fingerprint density at radius 3 is 2.39 bits per heavy atom. The van der Waals surface area contributed by atoms with Crippen LogP contribution in [0.3, 0.4) is 0 Å². The first-order valence-electron chi connectivity index (χ1n) is 7.81. The molecule has 0 aromatic carbocycles. The lowest BCUT2D eigenvalue weighted by Gasteiger charge is -2.50. The van der Waals surface area contributed by atoms with Gasteiger partial charge in [-0.2, -0.15) is 0 Å². The maximum Gasteiger partial charge on any atom is 0.0403 e. The van der Waals surface area contributed by atoms with Crippen LogP contribution in [0.25, 0.3) is 0 Å². The normalized spacial score (nSPS) is 45.5. The van der Waals surface area contributed by atoms with Gasteiger partial charge < -0.3 is 5.73 Å². The van der Waals surface area contributed by atoms with E-state index in [9.17, 15) is 0 Å². The lowest BCUT2D eigenvalue weighted by atomic mass is 9.73. The molecular formula is C15H29N3. The topological polar surface area (TPSA) is 32.5 Å². The average Bonchev–Trinajstić information content (AvgIpc) is 2.70.